The van der Waals surface area contributed by atoms with Gasteiger partial charge in [0.25, 0.3) is 0 Å². The molecule has 0 aliphatic rings. The highest BCUT2D eigenvalue weighted by atomic mass is 35.5. The fraction of sp³-hybridized carbons (Fsp3) is 0.250. The number of carbonyl (C=O) groups is 1. The van der Waals surface area contributed by atoms with Crippen molar-refractivity contribution in [1.82, 2.24) is 0 Å². The zero-order chi connectivity index (χ0) is 11.3. The lowest BCUT2D eigenvalue weighted by atomic mass is 10.0. The molecule has 2 nitrogen and oxygen atoms in total. The molecule has 0 saturated heterocycles. The molecule has 0 atom stereocenters. The SMILES string of the molecule is Cc1cccc(C(=O)O)c1C#CCCCl. The Morgan fingerprint density at radius 1 is 1.53 bits per heavy atom. The number of halogens is 1. The van der Waals surface area contributed by atoms with Crippen LogP contribution in [0, 0.1) is 18.8 Å². The molecule has 0 unspecified atom stereocenters. The van der Waals surface area contributed by atoms with E-state index in [0.717, 1.165) is 5.56 Å². The van der Waals surface area contributed by atoms with Gasteiger partial charge in [-0.2, -0.15) is 0 Å². The highest BCUT2D eigenvalue weighted by molar-refractivity contribution is 6.18. The molecule has 78 valence electrons. The second-order valence-corrected chi connectivity index (χ2v) is 3.42. The third-order valence-electron chi connectivity index (χ3n) is 1.94. The van der Waals surface area contributed by atoms with Crippen molar-refractivity contribution in [1.29, 1.82) is 0 Å². The van der Waals surface area contributed by atoms with Crippen molar-refractivity contribution in [2.45, 2.75) is 13.3 Å². The normalized spacial score (nSPS) is 9.20. The van der Waals surface area contributed by atoms with Crippen LogP contribution in [0.4, 0.5) is 0 Å². The lowest BCUT2D eigenvalue weighted by molar-refractivity contribution is 0.0696. The molecule has 1 N–H and O–H groups in total. The van der Waals surface area contributed by atoms with Crippen LogP contribution in [0.1, 0.15) is 27.9 Å². The Bertz CT molecular complexity index is 427. The molecular formula is C12H11ClO2. The van der Waals surface area contributed by atoms with Crippen molar-refractivity contribution in [3.05, 3.63) is 34.9 Å². The van der Waals surface area contributed by atoms with Gasteiger partial charge in [-0.3, -0.25) is 0 Å². The molecule has 3 heteroatoms. The average molecular weight is 223 g/mol. The molecule has 1 aromatic carbocycles. The summed E-state index contributed by atoms with van der Waals surface area (Å²) in [6, 6.07) is 5.11. The molecule has 0 saturated carbocycles. The quantitative estimate of drug-likeness (QED) is 0.617. The number of hydrogen-bond donors (Lipinski definition) is 1. The van der Waals surface area contributed by atoms with Crippen LogP contribution in [0.5, 0.6) is 0 Å². The van der Waals surface area contributed by atoms with Crippen LogP contribution in [0.15, 0.2) is 18.2 Å². The summed E-state index contributed by atoms with van der Waals surface area (Å²) < 4.78 is 0. The maximum Gasteiger partial charge on any atom is 0.336 e. The highest BCUT2D eigenvalue weighted by Gasteiger charge is 2.09. The van der Waals surface area contributed by atoms with Crippen LogP contribution in [0.3, 0.4) is 0 Å². The molecule has 0 radical (unpaired) electrons. The van der Waals surface area contributed by atoms with Gasteiger partial charge in [-0.25, -0.2) is 4.79 Å². The van der Waals surface area contributed by atoms with Crippen LogP contribution >= 0.6 is 11.6 Å². The first-order valence-corrected chi connectivity index (χ1v) is 5.08. The average Bonchev–Trinajstić information content (AvgIpc) is 2.20. The van der Waals surface area contributed by atoms with Crippen molar-refractivity contribution < 1.29 is 9.90 Å². The van der Waals surface area contributed by atoms with E-state index in [9.17, 15) is 4.79 Å². The second-order valence-electron chi connectivity index (χ2n) is 3.04. The number of carboxylic acids is 1. The van der Waals surface area contributed by atoms with Gasteiger partial charge >= 0.3 is 5.97 Å². The second kappa shape index (κ2) is 5.43. The van der Waals surface area contributed by atoms with Crippen LogP contribution in [0.2, 0.25) is 0 Å². The molecule has 1 rings (SSSR count). The van der Waals surface area contributed by atoms with E-state index in [2.05, 4.69) is 11.8 Å². The molecule has 0 aliphatic heterocycles. The number of aryl methyl sites for hydroxylation is 1. The maximum atomic E-state index is 10.9. The van der Waals surface area contributed by atoms with Gasteiger partial charge in [0, 0.05) is 17.9 Å². The Balaban J connectivity index is 3.15. The number of benzene rings is 1. The van der Waals surface area contributed by atoms with E-state index >= 15 is 0 Å². The minimum atomic E-state index is -0.950. The third-order valence-corrected chi connectivity index (χ3v) is 2.13. The lowest BCUT2D eigenvalue weighted by Gasteiger charge is -2.02. The fourth-order valence-electron chi connectivity index (χ4n) is 1.21. The molecule has 0 aromatic heterocycles. The standard InChI is InChI=1S/C12H11ClO2/c1-9-5-4-7-11(12(14)15)10(9)6-2-3-8-13/h4-5,7H,3,8H2,1H3,(H,14,15). The maximum absolute atomic E-state index is 10.9. The van der Waals surface area contributed by atoms with Gasteiger partial charge in [0.15, 0.2) is 0 Å². The monoisotopic (exact) mass is 222 g/mol. The van der Waals surface area contributed by atoms with Gasteiger partial charge in [-0.1, -0.05) is 24.0 Å². The van der Waals surface area contributed by atoms with E-state index in [1.165, 1.54) is 0 Å². The van der Waals surface area contributed by atoms with Gasteiger partial charge in [0.2, 0.25) is 0 Å². The molecule has 0 aliphatic carbocycles. The molecule has 1 aromatic rings. The Labute approximate surface area is 93.9 Å². The summed E-state index contributed by atoms with van der Waals surface area (Å²) in [5.74, 6) is 5.20. The molecule has 0 heterocycles. The van der Waals surface area contributed by atoms with Crippen molar-refractivity contribution in [3.8, 4) is 11.8 Å². The van der Waals surface area contributed by atoms with Gasteiger partial charge in [0.05, 0.1) is 5.56 Å². The third kappa shape index (κ3) is 3.00. The first kappa shape index (κ1) is 11.6. The summed E-state index contributed by atoms with van der Waals surface area (Å²) in [5.41, 5.74) is 1.70. The number of aromatic carboxylic acids is 1. The number of carboxylic acid groups (broad SMARTS) is 1. The zero-order valence-electron chi connectivity index (χ0n) is 8.38. The van der Waals surface area contributed by atoms with E-state index in [-0.39, 0.29) is 5.56 Å². The van der Waals surface area contributed by atoms with Crippen LogP contribution in [0.25, 0.3) is 0 Å². The molecule has 0 bridgehead atoms. The molecule has 0 fully saturated rings. The predicted octanol–water partition coefficient (Wildman–Crippen LogP) is 2.67. The van der Waals surface area contributed by atoms with Crippen LogP contribution in [-0.2, 0) is 0 Å². The van der Waals surface area contributed by atoms with E-state index in [1.54, 1.807) is 12.1 Å². The largest absolute Gasteiger partial charge is 0.478 e. The van der Waals surface area contributed by atoms with Crippen molar-refractivity contribution in [2.24, 2.45) is 0 Å². The van der Waals surface area contributed by atoms with E-state index in [4.69, 9.17) is 16.7 Å². The number of rotatable bonds is 2. The van der Waals surface area contributed by atoms with Crippen LogP contribution in [-0.4, -0.2) is 17.0 Å². The summed E-state index contributed by atoms with van der Waals surface area (Å²) in [4.78, 5) is 10.9. The molecule has 0 amide bonds. The topological polar surface area (TPSA) is 37.3 Å². The molecule has 0 spiro atoms. The van der Waals surface area contributed by atoms with Gasteiger partial charge in [-0.15, -0.1) is 11.6 Å². The van der Waals surface area contributed by atoms with E-state index in [0.29, 0.717) is 17.9 Å². The minimum absolute atomic E-state index is 0.247. The van der Waals surface area contributed by atoms with Gasteiger partial charge < -0.3 is 5.11 Å². The van der Waals surface area contributed by atoms with Gasteiger partial charge in [-0.05, 0) is 18.6 Å². The Kier molecular flexibility index (Phi) is 4.20. The lowest BCUT2D eigenvalue weighted by Crippen LogP contribution is -2.01. The molecular weight excluding hydrogens is 212 g/mol. The van der Waals surface area contributed by atoms with Gasteiger partial charge in [0.1, 0.15) is 0 Å². The summed E-state index contributed by atoms with van der Waals surface area (Å²) in [7, 11) is 0. The van der Waals surface area contributed by atoms with Crippen LogP contribution < -0.4 is 0 Å². The summed E-state index contributed by atoms with van der Waals surface area (Å²) in [5, 5.41) is 8.95. The summed E-state index contributed by atoms with van der Waals surface area (Å²) in [6.07, 6.45) is 0.564. The summed E-state index contributed by atoms with van der Waals surface area (Å²) in [6.45, 7) is 1.84. The number of hydrogen-bond acceptors (Lipinski definition) is 1. The van der Waals surface area contributed by atoms with Crippen molar-refractivity contribution >= 4 is 17.6 Å². The minimum Gasteiger partial charge on any atom is -0.478 e. The zero-order valence-corrected chi connectivity index (χ0v) is 9.14. The van der Waals surface area contributed by atoms with E-state index < -0.39 is 5.97 Å². The van der Waals surface area contributed by atoms with Crippen molar-refractivity contribution in [2.75, 3.05) is 5.88 Å². The number of alkyl halides is 1. The van der Waals surface area contributed by atoms with Crippen molar-refractivity contribution in [3.63, 3.8) is 0 Å². The highest BCUT2D eigenvalue weighted by Crippen LogP contribution is 2.12. The Morgan fingerprint density at radius 3 is 2.87 bits per heavy atom. The smallest absolute Gasteiger partial charge is 0.336 e. The van der Waals surface area contributed by atoms with E-state index in [1.807, 2.05) is 13.0 Å². The fourth-order valence-corrected chi connectivity index (χ4v) is 1.30. The Hall–Kier alpha value is -1.46. The summed E-state index contributed by atoms with van der Waals surface area (Å²) >= 11 is 5.49. The predicted molar refractivity (Wildman–Crippen MR) is 60.4 cm³/mol. The Morgan fingerprint density at radius 2 is 2.27 bits per heavy atom. The first-order valence-electron chi connectivity index (χ1n) is 4.54. The molecule has 15 heavy (non-hydrogen) atoms. The first-order chi connectivity index (χ1) is 7.16.